The minimum atomic E-state index is -5.85. The highest BCUT2D eigenvalue weighted by atomic mass is 32.2. The fourth-order valence-corrected chi connectivity index (χ4v) is 11.0. The van der Waals surface area contributed by atoms with Crippen LogP contribution in [0.4, 0.5) is 26.3 Å². The van der Waals surface area contributed by atoms with Crippen LogP contribution in [0.3, 0.4) is 0 Å². The predicted molar refractivity (Wildman–Crippen MR) is 285 cm³/mol. The number of rotatable bonds is 20. The molecule has 7 rings (SSSR count). The van der Waals surface area contributed by atoms with Crippen LogP contribution in [0.25, 0.3) is 21.5 Å². The van der Waals surface area contributed by atoms with Gasteiger partial charge in [-0.05, 0) is 148 Å². The maximum absolute atomic E-state index is 14.2. The lowest BCUT2D eigenvalue weighted by Crippen LogP contribution is -2.41. The van der Waals surface area contributed by atoms with Crippen molar-refractivity contribution in [1.29, 1.82) is 0 Å². The fourth-order valence-electron chi connectivity index (χ4n) is 9.36. The Morgan fingerprint density at radius 1 is 0.590 bits per heavy atom. The van der Waals surface area contributed by atoms with E-state index in [0.29, 0.717) is 39.0 Å². The Bertz CT molecular complexity index is 3280. The topological polar surface area (TPSA) is 178 Å². The van der Waals surface area contributed by atoms with Crippen molar-refractivity contribution < 1.29 is 76.5 Å². The molecule has 0 radical (unpaired) electrons. The standard InChI is InChI=1S/C54H63B2F6N3O11S2/c1-34(2)48(68)63-25-15-26-64(30-35-28-37(77(69,70)53(57,58)59)20-22-45(35)55-73-49(3,4)50(5,6)74-55)32-43-39-16-11-13-18-41(39)44(42-19-14-12-17-40(42)43)33-65(27-24-47(66)67)31-36-29-38(78(71,72)54(60,61)62)21-23-46(36)56-75-51(7,8)52(9,10)76-56/h11-14,16-23,28-29H,1,15,24-27,30-33H2,2-10H3,(H,63,68)(H,66,67). The lowest BCUT2D eigenvalue weighted by molar-refractivity contribution is -0.137. The molecular formula is C54H63B2F6N3O11S2. The van der Waals surface area contributed by atoms with Gasteiger partial charge >= 0.3 is 31.2 Å². The number of nitrogens with zero attached hydrogens (tertiary/aromatic N) is 2. The van der Waals surface area contributed by atoms with Crippen LogP contribution in [0.15, 0.2) is 107 Å². The molecule has 78 heavy (non-hydrogen) atoms. The molecule has 0 aliphatic carbocycles. The van der Waals surface area contributed by atoms with Crippen molar-refractivity contribution in [3.05, 3.63) is 119 Å². The number of amides is 1. The summed E-state index contributed by atoms with van der Waals surface area (Å²) in [4.78, 5) is 26.4. The summed E-state index contributed by atoms with van der Waals surface area (Å²) in [6.45, 7) is 19.4. The van der Waals surface area contributed by atoms with Crippen LogP contribution in [0.1, 0.15) is 97.4 Å². The van der Waals surface area contributed by atoms with E-state index in [1.807, 2.05) is 29.2 Å². The summed E-state index contributed by atoms with van der Waals surface area (Å²) >= 11 is 0. The maximum atomic E-state index is 14.2. The lowest BCUT2D eigenvalue weighted by atomic mass is 9.75. The van der Waals surface area contributed by atoms with Crippen LogP contribution in [-0.2, 0) is 74.1 Å². The molecule has 14 nitrogen and oxygen atoms in total. The zero-order valence-electron chi connectivity index (χ0n) is 44.8. The zero-order valence-corrected chi connectivity index (χ0v) is 46.5. The van der Waals surface area contributed by atoms with Crippen LogP contribution in [-0.4, -0.2) is 111 Å². The van der Waals surface area contributed by atoms with Crippen molar-refractivity contribution in [3.8, 4) is 0 Å². The van der Waals surface area contributed by atoms with Crippen molar-refractivity contribution in [3.63, 3.8) is 0 Å². The van der Waals surface area contributed by atoms with Crippen LogP contribution in [0.2, 0.25) is 0 Å². The number of carboxylic acid groups (broad SMARTS) is 1. The first-order valence-electron chi connectivity index (χ1n) is 25.1. The van der Waals surface area contributed by atoms with E-state index in [1.54, 1.807) is 91.5 Å². The Balaban J connectivity index is 1.36. The second kappa shape index (κ2) is 22.0. The highest BCUT2D eigenvalue weighted by Crippen LogP contribution is 2.41. The molecule has 0 aromatic heterocycles. The van der Waals surface area contributed by atoms with Crippen molar-refractivity contribution in [2.75, 3.05) is 19.6 Å². The quantitative estimate of drug-likeness (QED) is 0.0249. The summed E-state index contributed by atoms with van der Waals surface area (Å²) in [5, 5.41) is 15.5. The molecule has 5 aromatic rings. The molecule has 0 saturated carbocycles. The number of benzene rings is 5. The molecule has 24 heteroatoms. The number of hydrogen-bond acceptors (Lipinski definition) is 12. The van der Waals surface area contributed by atoms with E-state index in [9.17, 15) is 57.9 Å². The number of nitrogens with one attached hydrogen (secondary N) is 1. The van der Waals surface area contributed by atoms with Crippen molar-refractivity contribution >= 4 is 78.3 Å². The van der Waals surface area contributed by atoms with E-state index in [2.05, 4.69) is 11.9 Å². The van der Waals surface area contributed by atoms with Gasteiger partial charge < -0.3 is 29.0 Å². The third-order valence-electron chi connectivity index (χ3n) is 15.1. The van der Waals surface area contributed by atoms with Crippen LogP contribution < -0.4 is 16.2 Å². The molecule has 1 amide bonds. The minimum absolute atomic E-state index is 0.0162. The van der Waals surface area contributed by atoms with Crippen molar-refractivity contribution in [1.82, 2.24) is 15.1 Å². The molecule has 2 saturated heterocycles. The highest BCUT2D eigenvalue weighted by molar-refractivity contribution is 7.92. The number of carbonyl (C=O) groups is 2. The first-order chi connectivity index (χ1) is 36.0. The van der Waals surface area contributed by atoms with Gasteiger partial charge in [0.05, 0.1) is 38.6 Å². The second-order valence-electron chi connectivity index (χ2n) is 21.8. The first-order valence-corrected chi connectivity index (χ1v) is 28.1. The summed E-state index contributed by atoms with van der Waals surface area (Å²) in [5.74, 6) is -1.56. The highest BCUT2D eigenvalue weighted by Gasteiger charge is 2.55. The van der Waals surface area contributed by atoms with Gasteiger partial charge in [0.15, 0.2) is 0 Å². The number of fused-ring (bicyclic) bond motifs is 2. The number of carboxylic acids is 1. The van der Waals surface area contributed by atoms with Gasteiger partial charge in [-0.2, -0.15) is 26.3 Å². The average molecular weight is 1130 g/mol. The number of sulfone groups is 2. The molecule has 5 aromatic carbocycles. The van der Waals surface area contributed by atoms with Crippen LogP contribution in [0, 0.1) is 0 Å². The van der Waals surface area contributed by atoms with Crippen LogP contribution in [0.5, 0.6) is 0 Å². The van der Waals surface area contributed by atoms with Crippen molar-refractivity contribution in [2.24, 2.45) is 0 Å². The molecule has 2 fully saturated rings. The lowest BCUT2D eigenvalue weighted by Gasteiger charge is -2.32. The fraction of sp³-hybridized carbons (Fsp3) is 0.444. The van der Waals surface area contributed by atoms with Gasteiger partial charge in [0, 0.05) is 51.4 Å². The van der Waals surface area contributed by atoms with E-state index >= 15 is 0 Å². The molecule has 2 aliphatic heterocycles. The number of carbonyl (C=O) groups excluding carboxylic acids is 1. The first kappa shape index (κ1) is 60.3. The van der Waals surface area contributed by atoms with Gasteiger partial charge in [-0.1, -0.05) is 67.2 Å². The van der Waals surface area contributed by atoms with E-state index in [0.717, 1.165) is 29.8 Å². The monoisotopic (exact) mass is 1130 g/mol. The van der Waals surface area contributed by atoms with Gasteiger partial charge in [0.1, 0.15) is 0 Å². The molecule has 0 spiro atoms. The van der Waals surface area contributed by atoms with Gasteiger partial charge in [-0.15, -0.1) is 0 Å². The molecule has 0 atom stereocenters. The normalized spacial score (nSPS) is 17.4. The third-order valence-corrected chi connectivity index (χ3v) is 18.1. The van der Waals surface area contributed by atoms with E-state index < -0.39 is 89.5 Å². The van der Waals surface area contributed by atoms with Crippen LogP contribution >= 0.6 is 0 Å². The summed E-state index contributed by atoms with van der Waals surface area (Å²) in [6.07, 6.45) is -0.0985. The number of aliphatic carboxylic acids is 1. The molecular weight excluding hydrogens is 1070 g/mol. The van der Waals surface area contributed by atoms with E-state index in [1.165, 1.54) is 12.1 Å². The van der Waals surface area contributed by atoms with Gasteiger partial charge in [-0.3, -0.25) is 19.4 Å². The van der Waals surface area contributed by atoms with Gasteiger partial charge in [0.25, 0.3) is 19.7 Å². The minimum Gasteiger partial charge on any atom is -0.481 e. The summed E-state index contributed by atoms with van der Waals surface area (Å²) < 4.78 is 162. The smallest absolute Gasteiger partial charge is 0.481 e. The number of alkyl halides is 6. The van der Waals surface area contributed by atoms with Crippen molar-refractivity contribution in [2.45, 2.75) is 145 Å². The molecule has 2 heterocycles. The Morgan fingerprint density at radius 3 is 1.26 bits per heavy atom. The molecule has 0 bridgehead atoms. The summed E-state index contributed by atoms with van der Waals surface area (Å²) in [6, 6.07) is 20.7. The van der Waals surface area contributed by atoms with Gasteiger partial charge in [0.2, 0.25) is 5.91 Å². The van der Waals surface area contributed by atoms with Gasteiger partial charge in [-0.25, -0.2) is 16.8 Å². The molecule has 2 aliphatic rings. The maximum Gasteiger partial charge on any atom is 0.501 e. The Morgan fingerprint density at radius 2 is 0.936 bits per heavy atom. The Hall–Kier alpha value is -5.33. The number of hydrogen-bond donors (Lipinski definition) is 2. The summed E-state index contributed by atoms with van der Waals surface area (Å²) in [7, 11) is -13.9. The van der Waals surface area contributed by atoms with E-state index in [4.69, 9.17) is 18.6 Å². The third kappa shape index (κ3) is 12.3. The number of halogens is 6. The largest absolute Gasteiger partial charge is 0.501 e. The molecule has 2 N–H and O–H groups in total. The Labute approximate surface area is 451 Å². The zero-order chi connectivity index (χ0) is 57.8. The SMILES string of the molecule is C=C(C)C(=O)NCCCN(Cc1cc(S(=O)(=O)C(F)(F)F)ccc1B1OC(C)(C)C(C)(C)O1)Cc1c2ccccc2c(CN(CCC(=O)O)Cc2cc(S(=O)(=O)C(F)(F)F)ccc2B2OC(C)(C)C(C)(C)O2)c2ccccc12. The summed E-state index contributed by atoms with van der Waals surface area (Å²) in [5.41, 5.74) is -12.4. The second-order valence-corrected chi connectivity index (χ2v) is 25.7. The van der Waals surface area contributed by atoms with E-state index in [-0.39, 0.29) is 73.9 Å². The predicted octanol–water partition coefficient (Wildman–Crippen LogP) is 8.74. The Kier molecular flexibility index (Phi) is 17.0. The molecule has 0 unspecified atom stereocenters. The molecule has 420 valence electrons. The average Bonchev–Trinajstić information content (AvgIpc) is 3.71.